The van der Waals surface area contributed by atoms with Gasteiger partial charge in [-0.3, -0.25) is 14.4 Å². The van der Waals surface area contributed by atoms with Crippen LogP contribution in [0.3, 0.4) is 0 Å². The predicted octanol–water partition coefficient (Wildman–Crippen LogP) is 2.82. The number of esters is 1. The highest BCUT2D eigenvalue weighted by atomic mass is 16.6. The van der Waals surface area contributed by atoms with E-state index in [4.69, 9.17) is 4.74 Å². The number of carbonyl (C=O) groups is 3. The molecule has 26 heavy (non-hydrogen) atoms. The maximum Gasteiger partial charge on any atom is 0.303 e. The van der Waals surface area contributed by atoms with E-state index >= 15 is 0 Å². The molecule has 4 rings (SSSR count). The molecule has 4 aliphatic rings. The molecule has 0 aliphatic heterocycles. The summed E-state index contributed by atoms with van der Waals surface area (Å²) in [5.41, 5.74) is -2.47. The molecule has 144 valence electrons. The van der Waals surface area contributed by atoms with Crippen LogP contribution in [0.15, 0.2) is 0 Å². The number of fused-ring (bicyclic) bond motifs is 5. The molecule has 4 aliphatic carbocycles. The van der Waals surface area contributed by atoms with E-state index in [0.29, 0.717) is 25.0 Å². The molecule has 7 atom stereocenters. The summed E-state index contributed by atoms with van der Waals surface area (Å²) in [6.45, 7) is 5.44. The molecule has 0 saturated heterocycles. The lowest BCUT2D eigenvalue weighted by Crippen LogP contribution is -2.71. The minimum Gasteiger partial charge on any atom is -0.459 e. The Morgan fingerprint density at radius 2 is 1.81 bits per heavy atom. The molecule has 0 spiro atoms. The van der Waals surface area contributed by atoms with Gasteiger partial charge in [0.2, 0.25) is 0 Å². The highest BCUT2D eigenvalue weighted by Crippen LogP contribution is 2.66. The highest BCUT2D eigenvalue weighted by Gasteiger charge is 2.70. The summed E-state index contributed by atoms with van der Waals surface area (Å²) in [6.07, 6.45) is 4.90. The first kappa shape index (κ1) is 18.1. The summed E-state index contributed by atoms with van der Waals surface area (Å²) in [5, 5.41) is 11.6. The molecule has 0 bridgehead atoms. The Morgan fingerprint density at radius 1 is 1.08 bits per heavy atom. The van der Waals surface area contributed by atoms with Crippen LogP contribution < -0.4 is 0 Å². The molecule has 1 N–H and O–H groups in total. The van der Waals surface area contributed by atoms with E-state index in [1.54, 1.807) is 0 Å². The Balaban J connectivity index is 1.73. The monoisotopic (exact) mass is 362 g/mol. The van der Waals surface area contributed by atoms with Crippen molar-refractivity contribution in [3.8, 4) is 0 Å². The minimum atomic E-state index is -1.59. The van der Waals surface area contributed by atoms with E-state index in [1.807, 2.05) is 6.92 Å². The molecule has 0 aromatic carbocycles. The zero-order valence-corrected chi connectivity index (χ0v) is 16.0. The van der Waals surface area contributed by atoms with Crippen LogP contribution in [0.2, 0.25) is 0 Å². The smallest absolute Gasteiger partial charge is 0.303 e. The van der Waals surface area contributed by atoms with Crippen LogP contribution >= 0.6 is 0 Å². The first-order valence-electron chi connectivity index (χ1n) is 10.1. The van der Waals surface area contributed by atoms with Crippen LogP contribution in [0.25, 0.3) is 0 Å². The second-order valence-corrected chi connectivity index (χ2v) is 9.60. The third kappa shape index (κ3) is 2.10. The van der Waals surface area contributed by atoms with Crippen molar-refractivity contribution in [1.29, 1.82) is 0 Å². The van der Waals surface area contributed by atoms with Gasteiger partial charge in [-0.25, -0.2) is 0 Å². The zero-order chi connectivity index (χ0) is 18.9. The Bertz CT molecular complexity index is 671. The van der Waals surface area contributed by atoms with Gasteiger partial charge in [-0.05, 0) is 56.3 Å². The van der Waals surface area contributed by atoms with Gasteiger partial charge in [0.1, 0.15) is 11.9 Å². The van der Waals surface area contributed by atoms with Gasteiger partial charge in [0.05, 0.1) is 0 Å². The fraction of sp³-hybridized carbons (Fsp3) is 0.857. The predicted molar refractivity (Wildman–Crippen MR) is 94.1 cm³/mol. The lowest BCUT2D eigenvalue weighted by atomic mass is 9.43. The van der Waals surface area contributed by atoms with Crippen LogP contribution in [0, 0.1) is 28.6 Å². The Kier molecular flexibility index (Phi) is 3.93. The standard InChI is InChI=1S/C21H30O5/c1-12(22)26-18-5-4-9-20(3)15-8-10-19(2)14(6-7-16(19)23)13(15)11-17(24)21(18,20)25/h13-15,18,25H,4-11H2,1-3H3/t13-,14-,15-,18-,19-,20+,21+/m0/s1. The van der Waals surface area contributed by atoms with Crippen LogP contribution in [-0.2, 0) is 19.1 Å². The van der Waals surface area contributed by atoms with Gasteiger partial charge in [0, 0.05) is 30.6 Å². The van der Waals surface area contributed by atoms with Crippen molar-refractivity contribution in [1.82, 2.24) is 0 Å². The van der Waals surface area contributed by atoms with Crippen molar-refractivity contribution in [2.24, 2.45) is 28.6 Å². The molecule has 5 nitrogen and oxygen atoms in total. The normalized spacial score (nSPS) is 50.6. The third-order valence-corrected chi connectivity index (χ3v) is 8.62. The fourth-order valence-corrected chi connectivity index (χ4v) is 7.24. The van der Waals surface area contributed by atoms with Crippen molar-refractivity contribution < 1.29 is 24.2 Å². The van der Waals surface area contributed by atoms with Gasteiger partial charge in [0.25, 0.3) is 0 Å². The summed E-state index contributed by atoms with van der Waals surface area (Å²) in [7, 11) is 0. The first-order valence-corrected chi connectivity index (χ1v) is 10.1. The number of ketones is 2. The molecule has 0 radical (unpaired) electrons. The molecule has 0 aromatic heterocycles. The Hall–Kier alpha value is -1.23. The third-order valence-electron chi connectivity index (χ3n) is 8.62. The molecule has 4 saturated carbocycles. The minimum absolute atomic E-state index is 0.161. The van der Waals surface area contributed by atoms with Crippen LogP contribution in [0.1, 0.15) is 72.1 Å². The van der Waals surface area contributed by atoms with Crippen molar-refractivity contribution in [3.05, 3.63) is 0 Å². The van der Waals surface area contributed by atoms with E-state index in [1.165, 1.54) is 6.92 Å². The molecule has 5 heteroatoms. The molecule has 0 heterocycles. The molecule has 0 amide bonds. The number of aliphatic hydroxyl groups is 1. The van der Waals surface area contributed by atoms with E-state index < -0.39 is 23.1 Å². The molecule has 0 unspecified atom stereocenters. The SMILES string of the molecule is CC(=O)O[C@H]1CCC[C@]2(C)[C@H]3CC[C@]4(C)C(=O)CC[C@H]4[C@@H]3CC(=O)[C@@]12O. The first-order chi connectivity index (χ1) is 12.1. The number of ether oxygens (including phenoxy) is 1. The van der Waals surface area contributed by atoms with Gasteiger partial charge in [-0.2, -0.15) is 0 Å². The molecule has 4 fully saturated rings. The van der Waals surface area contributed by atoms with Crippen molar-refractivity contribution in [2.45, 2.75) is 83.8 Å². The number of hydrogen-bond donors (Lipinski definition) is 1. The largest absolute Gasteiger partial charge is 0.459 e. The van der Waals surface area contributed by atoms with Crippen molar-refractivity contribution >= 4 is 17.5 Å². The van der Waals surface area contributed by atoms with Crippen LogP contribution in [-0.4, -0.2) is 34.3 Å². The second kappa shape index (κ2) is 5.63. The zero-order valence-electron chi connectivity index (χ0n) is 16.0. The molecular weight excluding hydrogens is 332 g/mol. The van der Waals surface area contributed by atoms with E-state index in [0.717, 1.165) is 32.1 Å². The summed E-state index contributed by atoms with van der Waals surface area (Å²) < 4.78 is 5.44. The number of rotatable bonds is 1. The summed E-state index contributed by atoms with van der Waals surface area (Å²) >= 11 is 0. The quantitative estimate of drug-likeness (QED) is 0.726. The second-order valence-electron chi connectivity index (χ2n) is 9.60. The number of carbonyl (C=O) groups excluding carboxylic acids is 3. The van der Waals surface area contributed by atoms with Gasteiger partial charge in [-0.15, -0.1) is 0 Å². The number of Topliss-reactive ketones (excluding diaryl/α,β-unsaturated/α-hetero) is 2. The summed E-state index contributed by atoms with van der Waals surface area (Å²) in [4.78, 5) is 37.3. The topological polar surface area (TPSA) is 80.7 Å². The van der Waals surface area contributed by atoms with Crippen LogP contribution in [0.4, 0.5) is 0 Å². The van der Waals surface area contributed by atoms with Gasteiger partial charge < -0.3 is 9.84 Å². The van der Waals surface area contributed by atoms with E-state index in [2.05, 4.69) is 6.92 Å². The molecule has 0 aromatic rings. The molecular formula is C21H30O5. The van der Waals surface area contributed by atoms with Crippen molar-refractivity contribution in [2.75, 3.05) is 0 Å². The van der Waals surface area contributed by atoms with E-state index in [-0.39, 0.29) is 29.0 Å². The summed E-state index contributed by atoms with van der Waals surface area (Å²) in [5.74, 6) is 0.326. The van der Waals surface area contributed by atoms with Gasteiger partial charge in [-0.1, -0.05) is 13.8 Å². The Morgan fingerprint density at radius 3 is 2.50 bits per heavy atom. The maximum absolute atomic E-state index is 13.3. The lowest BCUT2D eigenvalue weighted by molar-refractivity contribution is -0.236. The average molecular weight is 362 g/mol. The van der Waals surface area contributed by atoms with Gasteiger partial charge in [0.15, 0.2) is 11.4 Å². The van der Waals surface area contributed by atoms with E-state index in [9.17, 15) is 19.5 Å². The number of hydrogen-bond acceptors (Lipinski definition) is 5. The fourth-order valence-electron chi connectivity index (χ4n) is 7.24. The Labute approximate surface area is 154 Å². The maximum atomic E-state index is 13.3. The lowest BCUT2D eigenvalue weighted by Gasteiger charge is -2.62. The van der Waals surface area contributed by atoms with Gasteiger partial charge >= 0.3 is 5.97 Å². The average Bonchev–Trinajstić information content (AvgIpc) is 2.86. The van der Waals surface area contributed by atoms with Crippen LogP contribution in [0.5, 0.6) is 0 Å². The summed E-state index contributed by atoms with van der Waals surface area (Å²) in [6, 6.07) is 0. The van der Waals surface area contributed by atoms with Crippen molar-refractivity contribution in [3.63, 3.8) is 0 Å². The highest BCUT2D eigenvalue weighted by molar-refractivity contribution is 5.92.